The highest BCUT2D eigenvalue weighted by atomic mass is 16.6. The minimum Gasteiger partial charge on any atom is -0.465 e. The summed E-state index contributed by atoms with van der Waals surface area (Å²) >= 11 is 0. The molecule has 2 aromatic rings. The second kappa shape index (κ2) is 8.70. The molecule has 0 aliphatic carbocycles. The summed E-state index contributed by atoms with van der Waals surface area (Å²) in [5.41, 5.74) is 0.879. The highest BCUT2D eigenvalue weighted by molar-refractivity contribution is 5.94. The van der Waals surface area contributed by atoms with E-state index in [0.29, 0.717) is 13.0 Å². The molecule has 1 aromatic carbocycles. The summed E-state index contributed by atoms with van der Waals surface area (Å²) in [5.74, 6) is -0.304. The highest BCUT2D eigenvalue weighted by Gasteiger charge is 2.21. The van der Waals surface area contributed by atoms with Crippen molar-refractivity contribution in [2.75, 3.05) is 6.61 Å². The molecular weight excluding hydrogens is 330 g/mol. The largest absolute Gasteiger partial charge is 0.465 e. The molecular formula is C21H27NO4. The summed E-state index contributed by atoms with van der Waals surface area (Å²) in [6.45, 7) is 7.88. The predicted octanol–water partition coefficient (Wildman–Crippen LogP) is 4.87. The molecule has 0 bridgehead atoms. The van der Waals surface area contributed by atoms with Crippen LogP contribution < -0.4 is 0 Å². The van der Waals surface area contributed by atoms with E-state index in [2.05, 4.69) is 6.92 Å². The lowest BCUT2D eigenvalue weighted by atomic mass is 10.1. The third kappa shape index (κ3) is 5.48. The van der Waals surface area contributed by atoms with Gasteiger partial charge < -0.3 is 9.47 Å². The number of carbonyl (C=O) groups is 2. The van der Waals surface area contributed by atoms with E-state index in [4.69, 9.17) is 9.47 Å². The van der Waals surface area contributed by atoms with E-state index in [-0.39, 0.29) is 12.4 Å². The number of esters is 1. The molecule has 0 unspecified atom stereocenters. The number of nitrogens with zero attached hydrogens (tertiary/aromatic N) is 1. The first kappa shape index (κ1) is 19.8. The van der Waals surface area contributed by atoms with Crippen molar-refractivity contribution in [1.29, 1.82) is 0 Å². The second-order valence-corrected chi connectivity index (χ2v) is 7.09. The SMILES string of the molecule is CC/C=C\CCOC(=O)Cc1cn(C(=O)OC(C)(C)C)c2ccccc12. The van der Waals surface area contributed by atoms with E-state index in [9.17, 15) is 9.59 Å². The number of para-hydroxylation sites is 1. The first-order chi connectivity index (χ1) is 12.3. The van der Waals surface area contributed by atoms with Crippen LogP contribution in [-0.4, -0.2) is 28.8 Å². The van der Waals surface area contributed by atoms with Crippen molar-refractivity contribution in [2.24, 2.45) is 0 Å². The van der Waals surface area contributed by atoms with Crippen molar-refractivity contribution >= 4 is 23.0 Å². The average molecular weight is 357 g/mol. The van der Waals surface area contributed by atoms with E-state index in [1.165, 1.54) is 4.57 Å². The average Bonchev–Trinajstić information content (AvgIpc) is 2.92. The zero-order valence-electron chi connectivity index (χ0n) is 16.0. The van der Waals surface area contributed by atoms with Crippen LogP contribution in [0.15, 0.2) is 42.6 Å². The monoisotopic (exact) mass is 357 g/mol. The fourth-order valence-corrected chi connectivity index (χ4v) is 2.59. The molecule has 1 heterocycles. The van der Waals surface area contributed by atoms with Crippen molar-refractivity contribution in [1.82, 2.24) is 4.57 Å². The van der Waals surface area contributed by atoms with Gasteiger partial charge in [0.05, 0.1) is 18.5 Å². The Morgan fingerprint density at radius 1 is 1.15 bits per heavy atom. The Bertz CT molecular complexity index is 796. The van der Waals surface area contributed by atoms with Gasteiger partial charge in [-0.3, -0.25) is 9.36 Å². The molecule has 2 rings (SSSR count). The number of rotatable bonds is 6. The molecule has 5 nitrogen and oxygen atoms in total. The molecule has 0 N–H and O–H groups in total. The van der Waals surface area contributed by atoms with E-state index in [1.807, 2.05) is 57.2 Å². The Labute approximate surface area is 154 Å². The number of ether oxygens (including phenoxy) is 2. The number of carbonyl (C=O) groups excluding carboxylic acids is 2. The lowest BCUT2D eigenvalue weighted by Crippen LogP contribution is -2.26. The van der Waals surface area contributed by atoms with Crippen LogP contribution in [0.2, 0.25) is 0 Å². The standard InChI is InChI=1S/C21H27NO4/c1-5-6-7-10-13-25-19(23)14-16-15-22(20(24)26-21(2,3)4)18-12-9-8-11-17(16)18/h6-9,11-12,15H,5,10,13-14H2,1-4H3/b7-6-. The van der Waals surface area contributed by atoms with Crippen LogP contribution in [0.3, 0.4) is 0 Å². The second-order valence-electron chi connectivity index (χ2n) is 7.09. The molecule has 0 amide bonds. The number of hydrogen-bond acceptors (Lipinski definition) is 4. The Hall–Kier alpha value is -2.56. The molecule has 0 spiro atoms. The first-order valence-electron chi connectivity index (χ1n) is 8.94. The molecule has 26 heavy (non-hydrogen) atoms. The van der Waals surface area contributed by atoms with Gasteiger partial charge in [0.25, 0.3) is 0 Å². The third-order valence-corrected chi connectivity index (χ3v) is 3.67. The van der Waals surface area contributed by atoms with Crippen LogP contribution in [0, 0.1) is 0 Å². The van der Waals surface area contributed by atoms with Gasteiger partial charge in [-0.15, -0.1) is 0 Å². The zero-order valence-corrected chi connectivity index (χ0v) is 16.0. The maximum Gasteiger partial charge on any atom is 0.419 e. The highest BCUT2D eigenvalue weighted by Crippen LogP contribution is 2.23. The number of benzene rings is 1. The van der Waals surface area contributed by atoms with Gasteiger partial charge in [0.1, 0.15) is 5.60 Å². The topological polar surface area (TPSA) is 57.5 Å². The van der Waals surface area contributed by atoms with Crippen LogP contribution in [0.25, 0.3) is 10.9 Å². The van der Waals surface area contributed by atoms with Crippen molar-refractivity contribution in [3.63, 3.8) is 0 Å². The van der Waals surface area contributed by atoms with E-state index in [1.54, 1.807) is 6.20 Å². The lowest BCUT2D eigenvalue weighted by molar-refractivity contribution is -0.142. The molecule has 0 radical (unpaired) electrons. The van der Waals surface area contributed by atoms with Gasteiger partial charge in [-0.05, 0) is 45.2 Å². The predicted molar refractivity (Wildman–Crippen MR) is 102 cm³/mol. The van der Waals surface area contributed by atoms with E-state index in [0.717, 1.165) is 22.9 Å². The molecule has 1 aromatic heterocycles. The van der Waals surface area contributed by atoms with E-state index >= 15 is 0 Å². The minimum atomic E-state index is -0.590. The van der Waals surface area contributed by atoms with Crippen LogP contribution in [0.1, 0.15) is 46.1 Å². The number of aromatic nitrogens is 1. The number of hydrogen-bond donors (Lipinski definition) is 0. The Morgan fingerprint density at radius 2 is 1.88 bits per heavy atom. The number of fused-ring (bicyclic) bond motifs is 1. The minimum absolute atomic E-state index is 0.119. The van der Waals surface area contributed by atoms with Crippen molar-refractivity contribution in [3.05, 3.63) is 48.2 Å². The molecule has 0 aliphatic rings. The summed E-state index contributed by atoms with van der Waals surface area (Å²) in [7, 11) is 0. The molecule has 140 valence electrons. The Balaban J connectivity index is 2.14. The Morgan fingerprint density at radius 3 is 2.58 bits per heavy atom. The maximum atomic E-state index is 12.5. The van der Waals surface area contributed by atoms with Gasteiger partial charge in [-0.1, -0.05) is 37.3 Å². The van der Waals surface area contributed by atoms with Crippen LogP contribution in [0.4, 0.5) is 4.79 Å². The van der Waals surface area contributed by atoms with Gasteiger partial charge in [0.2, 0.25) is 0 Å². The van der Waals surface area contributed by atoms with Crippen LogP contribution >= 0.6 is 0 Å². The van der Waals surface area contributed by atoms with Gasteiger partial charge in [-0.25, -0.2) is 4.79 Å². The first-order valence-corrected chi connectivity index (χ1v) is 8.94. The summed E-state index contributed by atoms with van der Waals surface area (Å²) in [6, 6.07) is 7.46. The van der Waals surface area contributed by atoms with Gasteiger partial charge in [-0.2, -0.15) is 0 Å². The maximum absolute atomic E-state index is 12.5. The molecule has 0 fully saturated rings. The van der Waals surface area contributed by atoms with Crippen molar-refractivity contribution < 1.29 is 19.1 Å². The van der Waals surface area contributed by atoms with Crippen LogP contribution in [-0.2, 0) is 20.7 Å². The molecule has 0 saturated carbocycles. The van der Waals surface area contributed by atoms with Crippen molar-refractivity contribution in [3.8, 4) is 0 Å². The van der Waals surface area contributed by atoms with Crippen LogP contribution in [0.5, 0.6) is 0 Å². The molecule has 0 atom stereocenters. The fourth-order valence-electron chi connectivity index (χ4n) is 2.59. The lowest BCUT2D eigenvalue weighted by Gasteiger charge is -2.19. The van der Waals surface area contributed by atoms with Gasteiger partial charge >= 0.3 is 12.1 Å². The Kier molecular flexibility index (Phi) is 6.61. The summed E-state index contributed by atoms with van der Waals surface area (Å²) in [5, 5.41) is 0.848. The fraction of sp³-hybridized carbons (Fsp3) is 0.429. The summed E-state index contributed by atoms with van der Waals surface area (Å²) < 4.78 is 12.2. The molecule has 5 heteroatoms. The van der Waals surface area contributed by atoms with E-state index < -0.39 is 11.7 Å². The normalized spacial score (nSPS) is 11.8. The van der Waals surface area contributed by atoms with Gasteiger partial charge in [0, 0.05) is 11.6 Å². The number of allylic oxidation sites excluding steroid dienone is 1. The quantitative estimate of drug-likeness (QED) is 0.420. The summed E-state index contributed by atoms with van der Waals surface area (Å²) in [6.07, 6.45) is 7.05. The van der Waals surface area contributed by atoms with Gasteiger partial charge in [0.15, 0.2) is 0 Å². The third-order valence-electron chi connectivity index (χ3n) is 3.67. The molecule has 0 aliphatic heterocycles. The smallest absolute Gasteiger partial charge is 0.419 e. The summed E-state index contributed by atoms with van der Waals surface area (Å²) in [4.78, 5) is 24.6. The van der Waals surface area contributed by atoms with Crippen molar-refractivity contribution in [2.45, 2.75) is 52.6 Å². The zero-order chi connectivity index (χ0) is 19.2. The molecule has 0 saturated heterocycles.